The molecule has 29 heavy (non-hydrogen) atoms. The second-order valence-corrected chi connectivity index (χ2v) is 7.35. The number of aromatic nitrogens is 3. The Bertz CT molecular complexity index is 907. The number of anilines is 3. The van der Waals surface area contributed by atoms with Crippen molar-refractivity contribution in [2.75, 3.05) is 36.4 Å². The van der Waals surface area contributed by atoms with E-state index in [-0.39, 0.29) is 17.6 Å². The van der Waals surface area contributed by atoms with E-state index in [4.69, 9.17) is 0 Å². The molecule has 0 aromatic carbocycles. The molecule has 10 heteroatoms. The summed E-state index contributed by atoms with van der Waals surface area (Å²) >= 11 is 0. The van der Waals surface area contributed by atoms with Gasteiger partial charge >= 0.3 is 6.18 Å². The van der Waals surface area contributed by atoms with Crippen LogP contribution in [0.5, 0.6) is 0 Å². The van der Waals surface area contributed by atoms with Gasteiger partial charge in [-0.25, -0.2) is 9.97 Å². The van der Waals surface area contributed by atoms with Crippen LogP contribution in [0.1, 0.15) is 36.9 Å². The number of rotatable bonds is 4. The zero-order valence-corrected chi connectivity index (χ0v) is 15.9. The highest BCUT2D eigenvalue weighted by Crippen LogP contribution is 2.32. The van der Waals surface area contributed by atoms with Gasteiger partial charge in [-0.2, -0.15) is 18.2 Å². The van der Waals surface area contributed by atoms with Crippen molar-refractivity contribution < 1.29 is 18.0 Å². The van der Waals surface area contributed by atoms with Crippen molar-refractivity contribution in [1.29, 1.82) is 0 Å². The van der Waals surface area contributed by atoms with Gasteiger partial charge in [0.1, 0.15) is 11.6 Å². The molecule has 7 nitrogen and oxygen atoms in total. The summed E-state index contributed by atoms with van der Waals surface area (Å²) in [6.45, 7) is 4.36. The second-order valence-electron chi connectivity index (χ2n) is 7.35. The Balaban J connectivity index is 1.61. The van der Waals surface area contributed by atoms with E-state index >= 15 is 0 Å². The number of halogens is 3. The van der Waals surface area contributed by atoms with Crippen LogP contribution >= 0.6 is 0 Å². The van der Waals surface area contributed by atoms with Gasteiger partial charge in [0.05, 0.1) is 11.3 Å². The SMILES string of the molecule is CC(=O)N1CC(c2cc(Nc3cc(C(F)(F)F)ccn3)nc(N3CCCC3)n2)C1. The molecule has 4 rings (SSSR count). The maximum atomic E-state index is 13.0. The first kappa shape index (κ1) is 19.4. The van der Waals surface area contributed by atoms with Crippen molar-refractivity contribution in [1.82, 2.24) is 19.9 Å². The molecule has 0 radical (unpaired) electrons. The first-order chi connectivity index (χ1) is 13.8. The fraction of sp³-hybridized carbons (Fsp3) is 0.474. The molecule has 2 aliphatic rings. The molecule has 1 N–H and O–H groups in total. The predicted molar refractivity (Wildman–Crippen MR) is 101 cm³/mol. The fourth-order valence-corrected chi connectivity index (χ4v) is 3.51. The lowest BCUT2D eigenvalue weighted by molar-refractivity contribution is -0.137. The van der Waals surface area contributed by atoms with E-state index in [1.807, 2.05) is 0 Å². The van der Waals surface area contributed by atoms with Gasteiger partial charge in [0.25, 0.3) is 0 Å². The van der Waals surface area contributed by atoms with Gasteiger partial charge in [-0.1, -0.05) is 0 Å². The van der Waals surface area contributed by atoms with Crippen molar-refractivity contribution in [2.24, 2.45) is 0 Å². The monoisotopic (exact) mass is 406 g/mol. The number of likely N-dealkylation sites (tertiary alicyclic amines) is 1. The molecule has 0 atom stereocenters. The fourth-order valence-electron chi connectivity index (χ4n) is 3.51. The Kier molecular flexibility index (Phi) is 5.01. The minimum atomic E-state index is -4.45. The van der Waals surface area contributed by atoms with Crippen LogP contribution in [-0.4, -0.2) is 51.9 Å². The van der Waals surface area contributed by atoms with Crippen LogP contribution in [0.3, 0.4) is 0 Å². The summed E-state index contributed by atoms with van der Waals surface area (Å²) in [5, 5.41) is 2.89. The Hall–Kier alpha value is -2.91. The standard InChI is InChI=1S/C19H21F3N6O/c1-12(29)28-10-13(11-28)15-9-17(26-18(24-15)27-6-2-3-7-27)25-16-8-14(4-5-23-16)19(20,21)22/h4-5,8-9,13H,2-3,6-7,10-11H2,1H3,(H,23,24,25,26). The van der Waals surface area contributed by atoms with Gasteiger partial charge in [0.2, 0.25) is 11.9 Å². The molecule has 2 aromatic rings. The average Bonchev–Trinajstić information content (AvgIpc) is 3.14. The summed E-state index contributed by atoms with van der Waals surface area (Å²) < 4.78 is 38.9. The lowest BCUT2D eigenvalue weighted by Crippen LogP contribution is -2.47. The third-order valence-corrected chi connectivity index (χ3v) is 5.21. The number of nitrogens with zero attached hydrogens (tertiary/aromatic N) is 5. The average molecular weight is 406 g/mol. The van der Waals surface area contributed by atoms with Gasteiger partial charge < -0.3 is 15.1 Å². The van der Waals surface area contributed by atoms with Gasteiger partial charge in [0.15, 0.2) is 0 Å². The minimum Gasteiger partial charge on any atom is -0.341 e. The van der Waals surface area contributed by atoms with Crippen LogP contribution in [0, 0.1) is 0 Å². The van der Waals surface area contributed by atoms with Gasteiger partial charge in [-0.3, -0.25) is 4.79 Å². The van der Waals surface area contributed by atoms with Crippen molar-refractivity contribution >= 4 is 23.5 Å². The van der Waals surface area contributed by atoms with Crippen LogP contribution in [0.2, 0.25) is 0 Å². The normalized spacial score (nSPS) is 17.4. The van der Waals surface area contributed by atoms with Crippen molar-refractivity contribution in [2.45, 2.75) is 31.9 Å². The van der Waals surface area contributed by atoms with Crippen molar-refractivity contribution in [3.8, 4) is 0 Å². The van der Waals surface area contributed by atoms with Crippen LogP contribution in [0.25, 0.3) is 0 Å². The predicted octanol–water partition coefficient (Wildman–Crippen LogP) is 3.18. The molecule has 2 fully saturated rings. The van der Waals surface area contributed by atoms with Gasteiger partial charge in [0, 0.05) is 51.3 Å². The van der Waals surface area contributed by atoms with Crippen LogP contribution in [0.4, 0.5) is 30.8 Å². The quantitative estimate of drug-likeness (QED) is 0.841. The van der Waals surface area contributed by atoms with E-state index in [2.05, 4.69) is 25.2 Å². The number of carbonyl (C=O) groups is 1. The molecule has 4 heterocycles. The molecule has 2 saturated heterocycles. The molecule has 0 spiro atoms. The van der Waals surface area contributed by atoms with E-state index in [0.29, 0.717) is 24.9 Å². The van der Waals surface area contributed by atoms with Crippen LogP contribution < -0.4 is 10.2 Å². The number of carbonyl (C=O) groups excluding carboxylic acids is 1. The number of pyridine rings is 1. The number of alkyl halides is 3. The lowest BCUT2D eigenvalue weighted by Gasteiger charge is -2.38. The minimum absolute atomic E-state index is 0.0154. The molecular weight excluding hydrogens is 385 g/mol. The summed E-state index contributed by atoms with van der Waals surface area (Å²) in [4.78, 5) is 28.4. The summed E-state index contributed by atoms with van der Waals surface area (Å²) in [6.07, 6.45) is -1.23. The zero-order valence-electron chi connectivity index (χ0n) is 15.9. The number of hydrogen-bond acceptors (Lipinski definition) is 6. The Morgan fingerprint density at radius 3 is 2.52 bits per heavy atom. The maximum absolute atomic E-state index is 13.0. The highest BCUT2D eigenvalue weighted by Gasteiger charge is 2.33. The number of nitrogens with one attached hydrogen (secondary N) is 1. The van der Waals surface area contributed by atoms with Crippen LogP contribution in [0.15, 0.2) is 24.4 Å². The molecule has 1 amide bonds. The Morgan fingerprint density at radius 2 is 1.86 bits per heavy atom. The maximum Gasteiger partial charge on any atom is 0.416 e. The highest BCUT2D eigenvalue weighted by molar-refractivity contribution is 5.74. The van der Waals surface area contributed by atoms with E-state index in [9.17, 15) is 18.0 Å². The van der Waals surface area contributed by atoms with E-state index < -0.39 is 11.7 Å². The summed E-state index contributed by atoms with van der Waals surface area (Å²) in [5.41, 5.74) is -0.00554. The summed E-state index contributed by atoms with van der Waals surface area (Å²) in [5.74, 6) is 1.11. The summed E-state index contributed by atoms with van der Waals surface area (Å²) in [7, 11) is 0. The third-order valence-electron chi connectivity index (χ3n) is 5.21. The first-order valence-corrected chi connectivity index (χ1v) is 9.49. The third kappa shape index (κ3) is 4.25. The smallest absolute Gasteiger partial charge is 0.341 e. The zero-order chi connectivity index (χ0) is 20.6. The highest BCUT2D eigenvalue weighted by atomic mass is 19.4. The number of hydrogen-bond donors (Lipinski definition) is 1. The Morgan fingerprint density at radius 1 is 1.14 bits per heavy atom. The lowest BCUT2D eigenvalue weighted by atomic mass is 9.96. The molecule has 0 bridgehead atoms. The van der Waals surface area contributed by atoms with E-state index in [1.165, 1.54) is 6.92 Å². The van der Waals surface area contributed by atoms with Crippen molar-refractivity contribution in [3.05, 3.63) is 35.7 Å². The molecule has 2 aromatic heterocycles. The Labute approximate surface area is 166 Å². The van der Waals surface area contributed by atoms with E-state index in [0.717, 1.165) is 50.0 Å². The molecular formula is C19H21F3N6O. The topological polar surface area (TPSA) is 74.2 Å². The second kappa shape index (κ2) is 7.49. The van der Waals surface area contributed by atoms with Gasteiger partial charge in [-0.05, 0) is 25.0 Å². The summed E-state index contributed by atoms with van der Waals surface area (Å²) in [6, 6.07) is 3.61. The molecule has 0 unspecified atom stereocenters. The van der Waals surface area contributed by atoms with Crippen molar-refractivity contribution in [3.63, 3.8) is 0 Å². The molecule has 2 aliphatic heterocycles. The van der Waals surface area contributed by atoms with E-state index in [1.54, 1.807) is 11.0 Å². The molecule has 154 valence electrons. The van der Waals surface area contributed by atoms with Crippen LogP contribution in [-0.2, 0) is 11.0 Å². The first-order valence-electron chi connectivity index (χ1n) is 9.49. The van der Waals surface area contributed by atoms with Gasteiger partial charge in [-0.15, -0.1) is 0 Å². The number of amides is 1. The largest absolute Gasteiger partial charge is 0.416 e. The molecule has 0 aliphatic carbocycles. The molecule has 0 saturated carbocycles.